The molecule has 1 unspecified atom stereocenters. The zero-order valence-corrected chi connectivity index (χ0v) is 16.2. The number of nitrogens with zero attached hydrogens (tertiary/aromatic N) is 2. The van der Waals surface area contributed by atoms with Crippen LogP contribution in [0.5, 0.6) is 0 Å². The Bertz CT molecular complexity index is 832. The lowest BCUT2D eigenvalue weighted by atomic mass is 10.2. The number of rotatable bonds is 6. The number of carbonyl (C=O) groups excluding carboxylic acids is 3. The second-order valence-corrected chi connectivity index (χ2v) is 6.53. The number of aromatic nitrogens is 2. The zero-order chi connectivity index (χ0) is 20.0. The average molecular weight is 392 g/mol. The first-order chi connectivity index (χ1) is 12.8. The van der Waals surface area contributed by atoms with E-state index in [1.54, 1.807) is 18.3 Å². The number of urea groups is 1. The van der Waals surface area contributed by atoms with Crippen LogP contribution in [0, 0.1) is 13.8 Å². The fourth-order valence-corrected chi connectivity index (χ4v) is 3.20. The van der Waals surface area contributed by atoms with E-state index in [4.69, 9.17) is 9.26 Å². The number of pyridine rings is 1. The van der Waals surface area contributed by atoms with Crippen LogP contribution in [0.4, 0.5) is 4.79 Å². The number of thioether (sulfide) groups is 1. The molecule has 2 aromatic heterocycles. The Hall–Kier alpha value is -2.88. The van der Waals surface area contributed by atoms with Gasteiger partial charge in [0.15, 0.2) is 6.10 Å². The number of imide groups is 1. The summed E-state index contributed by atoms with van der Waals surface area (Å²) in [4.78, 5) is 39.7. The quantitative estimate of drug-likeness (QED) is 0.565. The molecule has 0 aliphatic rings. The largest absolute Gasteiger partial charge is 0.449 e. The number of amides is 3. The van der Waals surface area contributed by atoms with Crippen LogP contribution in [0.3, 0.4) is 0 Å². The van der Waals surface area contributed by atoms with Crippen LogP contribution in [0.15, 0.2) is 27.9 Å². The molecule has 0 saturated carbocycles. The molecule has 2 aromatic rings. The highest BCUT2D eigenvalue weighted by molar-refractivity contribution is 7.98. The number of aryl methyl sites for hydroxylation is 2. The van der Waals surface area contributed by atoms with Crippen LogP contribution in [0.2, 0.25) is 0 Å². The van der Waals surface area contributed by atoms with Gasteiger partial charge >= 0.3 is 12.0 Å². The van der Waals surface area contributed by atoms with E-state index < -0.39 is 24.0 Å². The summed E-state index contributed by atoms with van der Waals surface area (Å²) >= 11 is 1.33. The SMILES string of the molecule is CNC(=O)NC(=O)C(C)OC(=O)c1cccnc1SCc1c(C)noc1C. The summed E-state index contributed by atoms with van der Waals surface area (Å²) in [5, 5.41) is 8.66. The number of hydrogen-bond donors (Lipinski definition) is 2. The van der Waals surface area contributed by atoms with Gasteiger partial charge in [0, 0.05) is 24.6 Å². The third-order valence-corrected chi connectivity index (χ3v) is 4.67. The predicted molar refractivity (Wildman–Crippen MR) is 97.3 cm³/mol. The fraction of sp³-hybridized carbons (Fsp3) is 0.353. The Morgan fingerprint density at radius 3 is 2.70 bits per heavy atom. The Balaban J connectivity index is 2.06. The van der Waals surface area contributed by atoms with Gasteiger partial charge in [-0.3, -0.25) is 10.1 Å². The molecule has 0 aliphatic heterocycles. The van der Waals surface area contributed by atoms with Gasteiger partial charge in [0.05, 0.1) is 11.3 Å². The van der Waals surface area contributed by atoms with Crippen molar-refractivity contribution in [2.24, 2.45) is 0 Å². The summed E-state index contributed by atoms with van der Waals surface area (Å²) in [7, 11) is 1.37. The lowest BCUT2D eigenvalue weighted by molar-refractivity contribution is -0.127. The molecule has 2 N–H and O–H groups in total. The third kappa shape index (κ3) is 5.30. The van der Waals surface area contributed by atoms with Crippen LogP contribution in [0.1, 0.15) is 34.3 Å². The molecule has 2 heterocycles. The van der Waals surface area contributed by atoms with Gasteiger partial charge in [-0.25, -0.2) is 14.6 Å². The second kappa shape index (κ2) is 9.17. The second-order valence-electron chi connectivity index (χ2n) is 5.56. The molecule has 0 bridgehead atoms. The first-order valence-electron chi connectivity index (χ1n) is 8.06. The first kappa shape index (κ1) is 20.4. The third-order valence-electron chi connectivity index (χ3n) is 3.64. The van der Waals surface area contributed by atoms with Crippen molar-refractivity contribution >= 4 is 29.7 Å². The van der Waals surface area contributed by atoms with Gasteiger partial charge in [-0.1, -0.05) is 5.16 Å². The fourth-order valence-electron chi connectivity index (χ4n) is 2.06. The Morgan fingerprint density at radius 2 is 2.07 bits per heavy atom. The van der Waals surface area contributed by atoms with Crippen molar-refractivity contribution in [3.63, 3.8) is 0 Å². The Morgan fingerprint density at radius 1 is 1.33 bits per heavy atom. The lowest BCUT2D eigenvalue weighted by Crippen LogP contribution is -2.43. The molecule has 1 atom stereocenters. The molecule has 0 aliphatic carbocycles. The molecule has 3 amide bonds. The highest BCUT2D eigenvalue weighted by Gasteiger charge is 2.23. The lowest BCUT2D eigenvalue weighted by Gasteiger charge is -2.14. The molecule has 0 saturated heterocycles. The van der Waals surface area contributed by atoms with Crippen molar-refractivity contribution < 1.29 is 23.6 Å². The van der Waals surface area contributed by atoms with Gasteiger partial charge in [-0.15, -0.1) is 11.8 Å². The normalized spacial score (nSPS) is 11.6. The van der Waals surface area contributed by atoms with Crippen LogP contribution in [-0.2, 0) is 15.3 Å². The smallest absolute Gasteiger partial charge is 0.341 e. The highest BCUT2D eigenvalue weighted by atomic mass is 32.2. The molecule has 0 radical (unpaired) electrons. The summed E-state index contributed by atoms with van der Waals surface area (Å²) in [6.45, 7) is 5.03. The molecule has 27 heavy (non-hydrogen) atoms. The van der Waals surface area contributed by atoms with Crippen molar-refractivity contribution in [1.29, 1.82) is 0 Å². The summed E-state index contributed by atoms with van der Waals surface area (Å²) < 4.78 is 10.3. The van der Waals surface area contributed by atoms with Gasteiger partial charge < -0.3 is 14.6 Å². The Labute approximate surface area is 160 Å². The summed E-state index contributed by atoms with van der Waals surface area (Å²) in [6, 6.07) is 2.49. The van der Waals surface area contributed by atoms with Gasteiger partial charge in [0.25, 0.3) is 5.91 Å². The van der Waals surface area contributed by atoms with Crippen molar-refractivity contribution in [2.75, 3.05) is 7.05 Å². The van der Waals surface area contributed by atoms with E-state index in [0.29, 0.717) is 16.5 Å². The highest BCUT2D eigenvalue weighted by Crippen LogP contribution is 2.27. The van der Waals surface area contributed by atoms with Crippen molar-refractivity contribution in [1.82, 2.24) is 20.8 Å². The minimum Gasteiger partial charge on any atom is -0.449 e. The number of esters is 1. The van der Waals surface area contributed by atoms with Crippen LogP contribution >= 0.6 is 11.8 Å². The summed E-state index contributed by atoms with van der Waals surface area (Å²) in [6.07, 6.45) is 0.421. The van der Waals surface area contributed by atoms with Crippen molar-refractivity contribution in [3.8, 4) is 0 Å². The zero-order valence-electron chi connectivity index (χ0n) is 15.4. The van der Waals surface area contributed by atoms with Crippen molar-refractivity contribution in [3.05, 3.63) is 40.9 Å². The van der Waals surface area contributed by atoms with E-state index in [1.807, 2.05) is 13.8 Å². The molecule has 0 spiro atoms. The maximum absolute atomic E-state index is 12.4. The number of ether oxygens (including phenoxy) is 1. The molecule has 0 aromatic carbocycles. The predicted octanol–water partition coefficient (Wildman–Crippen LogP) is 1.98. The van der Waals surface area contributed by atoms with E-state index in [9.17, 15) is 14.4 Å². The van der Waals surface area contributed by atoms with Gasteiger partial charge in [-0.2, -0.15) is 0 Å². The van der Waals surface area contributed by atoms with Gasteiger partial charge in [0.1, 0.15) is 10.8 Å². The molecule has 10 heteroatoms. The summed E-state index contributed by atoms with van der Waals surface area (Å²) in [5.41, 5.74) is 1.94. The molecular weight excluding hydrogens is 372 g/mol. The Kier molecular flexibility index (Phi) is 6.94. The monoisotopic (exact) mass is 392 g/mol. The molecule has 9 nitrogen and oxygen atoms in total. The molecule has 0 fully saturated rings. The minimum absolute atomic E-state index is 0.230. The molecular formula is C17H20N4O5S. The van der Waals surface area contributed by atoms with E-state index in [1.165, 1.54) is 25.7 Å². The van der Waals surface area contributed by atoms with Crippen LogP contribution in [0.25, 0.3) is 0 Å². The standard InChI is InChI=1S/C17H20N4O5S/c1-9-13(10(2)26-21-9)8-27-15-12(6-5-7-19-15)16(23)25-11(3)14(22)20-17(24)18-4/h5-7,11H,8H2,1-4H3,(H2,18,20,22,24). The number of hydrogen-bond acceptors (Lipinski definition) is 8. The van der Waals surface area contributed by atoms with Crippen molar-refractivity contribution in [2.45, 2.75) is 37.7 Å². The van der Waals surface area contributed by atoms with E-state index >= 15 is 0 Å². The maximum atomic E-state index is 12.4. The van der Waals surface area contributed by atoms with Gasteiger partial charge in [0.2, 0.25) is 0 Å². The molecule has 144 valence electrons. The average Bonchev–Trinajstić information content (AvgIpc) is 2.97. The van der Waals surface area contributed by atoms with Gasteiger partial charge in [-0.05, 0) is 32.9 Å². The van der Waals surface area contributed by atoms with Crippen LogP contribution < -0.4 is 10.6 Å². The summed E-state index contributed by atoms with van der Waals surface area (Å²) in [5.74, 6) is -0.203. The van der Waals surface area contributed by atoms with E-state index in [0.717, 1.165) is 11.3 Å². The minimum atomic E-state index is -1.14. The molecule has 2 rings (SSSR count). The number of carbonyl (C=O) groups is 3. The number of nitrogens with one attached hydrogen (secondary N) is 2. The van der Waals surface area contributed by atoms with E-state index in [-0.39, 0.29) is 5.56 Å². The van der Waals surface area contributed by atoms with Crippen LogP contribution in [-0.4, -0.2) is 41.2 Å². The maximum Gasteiger partial charge on any atom is 0.341 e. The van der Waals surface area contributed by atoms with E-state index in [2.05, 4.69) is 20.8 Å². The first-order valence-corrected chi connectivity index (χ1v) is 9.05. The topological polar surface area (TPSA) is 123 Å².